The molecular weight excluding hydrogens is 346 g/mol. The van der Waals surface area contributed by atoms with E-state index >= 15 is 0 Å². The Morgan fingerprint density at radius 1 is 1.32 bits per heavy atom. The van der Waals surface area contributed by atoms with Crippen LogP contribution in [0.5, 0.6) is 5.75 Å². The fraction of sp³-hybridized carbons (Fsp3) is 0.375. The number of sulfonamides is 1. The molecule has 9 heteroatoms. The van der Waals surface area contributed by atoms with Gasteiger partial charge in [-0.2, -0.15) is 0 Å². The topological polar surface area (TPSA) is 102 Å². The average Bonchev–Trinajstić information content (AvgIpc) is 2.98. The van der Waals surface area contributed by atoms with Crippen molar-refractivity contribution in [3.63, 3.8) is 0 Å². The number of nitrogens with zero attached hydrogens (tertiary/aromatic N) is 2. The number of hydrogen-bond acceptors (Lipinski definition) is 6. The number of ether oxygens (including phenoxy) is 1. The van der Waals surface area contributed by atoms with Crippen LogP contribution < -0.4 is 14.4 Å². The molecular formula is C16H21N3O5S. The molecule has 0 saturated heterocycles. The summed E-state index contributed by atoms with van der Waals surface area (Å²) in [5.74, 6) is 0.896. The predicted octanol–water partition coefficient (Wildman–Crippen LogP) is 1.12. The molecule has 0 saturated carbocycles. The summed E-state index contributed by atoms with van der Waals surface area (Å²) in [5, 5.41) is 6.36. The lowest BCUT2D eigenvalue weighted by atomic mass is 10.1. The van der Waals surface area contributed by atoms with Gasteiger partial charge in [0.1, 0.15) is 18.1 Å². The first kappa shape index (κ1) is 18.8. The molecule has 2 rings (SSSR count). The first-order valence-corrected chi connectivity index (χ1v) is 9.45. The van der Waals surface area contributed by atoms with Crippen LogP contribution in [0.1, 0.15) is 11.3 Å². The van der Waals surface area contributed by atoms with Gasteiger partial charge in [0.15, 0.2) is 5.82 Å². The predicted molar refractivity (Wildman–Crippen MR) is 93.1 cm³/mol. The van der Waals surface area contributed by atoms with E-state index in [0.717, 1.165) is 21.9 Å². The van der Waals surface area contributed by atoms with Gasteiger partial charge in [0.05, 0.1) is 13.4 Å². The summed E-state index contributed by atoms with van der Waals surface area (Å²) in [6, 6.07) is 8.97. The summed E-state index contributed by atoms with van der Waals surface area (Å²) < 4.78 is 34.6. The van der Waals surface area contributed by atoms with Crippen molar-refractivity contribution >= 4 is 21.7 Å². The van der Waals surface area contributed by atoms with Crippen LogP contribution in [-0.4, -0.2) is 45.9 Å². The van der Waals surface area contributed by atoms with Crippen molar-refractivity contribution in [2.45, 2.75) is 13.3 Å². The van der Waals surface area contributed by atoms with Gasteiger partial charge in [-0.15, -0.1) is 0 Å². The molecule has 1 amide bonds. The fourth-order valence-corrected chi connectivity index (χ4v) is 2.94. The number of methoxy groups -OCH3 is 1. The summed E-state index contributed by atoms with van der Waals surface area (Å²) in [6.07, 6.45) is 1.64. The van der Waals surface area contributed by atoms with Gasteiger partial charge >= 0.3 is 0 Å². The van der Waals surface area contributed by atoms with E-state index in [9.17, 15) is 13.2 Å². The highest BCUT2D eigenvalue weighted by molar-refractivity contribution is 7.92. The molecule has 0 unspecified atom stereocenters. The van der Waals surface area contributed by atoms with Gasteiger partial charge in [-0.3, -0.25) is 4.79 Å². The van der Waals surface area contributed by atoms with Gasteiger partial charge in [-0.25, -0.2) is 12.7 Å². The molecule has 0 aliphatic carbocycles. The summed E-state index contributed by atoms with van der Waals surface area (Å²) in [6.45, 7) is 1.68. The van der Waals surface area contributed by atoms with E-state index in [2.05, 4.69) is 10.5 Å². The maximum Gasteiger partial charge on any atom is 0.240 e. The second-order valence-corrected chi connectivity index (χ2v) is 7.42. The Balaban J connectivity index is 1.90. The maximum atomic E-state index is 12.1. The number of rotatable bonds is 8. The quantitative estimate of drug-likeness (QED) is 0.750. The van der Waals surface area contributed by atoms with Crippen LogP contribution in [0, 0.1) is 6.92 Å². The van der Waals surface area contributed by atoms with Crippen LogP contribution in [-0.2, 0) is 21.2 Å². The summed E-state index contributed by atoms with van der Waals surface area (Å²) in [5.41, 5.74) is 1.04. The molecule has 0 spiro atoms. The molecule has 0 bridgehead atoms. The SMILES string of the molecule is COc1ccc(CCNC(=O)CN(c2cc(C)on2)S(C)(=O)=O)cc1. The van der Waals surface area contributed by atoms with Crippen molar-refractivity contribution < 1.29 is 22.5 Å². The number of aryl methyl sites for hydroxylation is 1. The number of aromatic nitrogens is 1. The largest absolute Gasteiger partial charge is 0.497 e. The van der Waals surface area contributed by atoms with Crippen molar-refractivity contribution in [1.29, 1.82) is 0 Å². The van der Waals surface area contributed by atoms with Gasteiger partial charge in [0.25, 0.3) is 0 Å². The first-order valence-electron chi connectivity index (χ1n) is 7.60. The highest BCUT2D eigenvalue weighted by atomic mass is 32.2. The molecule has 1 heterocycles. The summed E-state index contributed by atoms with van der Waals surface area (Å²) >= 11 is 0. The Kier molecular flexibility index (Phi) is 6.02. The van der Waals surface area contributed by atoms with E-state index in [1.165, 1.54) is 6.07 Å². The zero-order valence-corrected chi connectivity index (χ0v) is 15.2. The molecule has 25 heavy (non-hydrogen) atoms. The molecule has 1 N–H and O–H groups in total. The van der Waals surface area contributed by atoms with E-state index in [1.807, 2.05) is 24.3 Å². The van der Waals surface area contributed by atoms with E-state index in [-0.39, 0.29) is 12.4 Å². The molecule has 1 aromatic carbocycles. The molecule has 0 fully saturated rings. The minimum atomic E-state index is -3.65. The van der Waals surface area contributed by atoms with Crippen LogP contribution in [0.2, 0.25) is 0 Å². The van der Waals surface area contributed by atoms with Crippen molar-refractivity contribution in [1.82, 2.24) is 10.5 Å². The smallest absolute Gasteiger partial charge is 0.240 e. The van der Waals surface area contributed by atoms with Crippen molar-refractivity contribution in [3.8, 4) is 5.75 Å². The van der Waals surface area contributed by atoms with Gasteiger partial charge in [-0.05, 0) is 31.0 Å². The number of amides is 1. The Labute approximate surface area is 146 Å². The van der Waals surface area contributed by atoms with E-state index in [0.29, 0.717) is 18.7 Å². The number of hydrogen-bond donors (Lipinski definition) is 1. The normalized spacial score (nSPS) is 11.2. The fourth-order valence-electron chi connectivity index (χ4n) is 2.16. The number of anilines is 1. The number of benzene rings is 1. The number of carbonyl (C=O) groups is 1. The Hall–Kier alpha value is -2.55. The second-order valence-electron chi connectivity index (χ2n) is 5.51. The van der Waals surface area contributed by atoms with E-state index in [4.69, 9.17) is 9.26 Å². The van der Waals surface area contributed by atoms with Crippen molar-refractivity contribution in [3.05, 3.63) is 41.7 Å². The van der Waals surface area contributed by atoms with Gasteiger partial charge in [0, 0.05) is 12.6 Å². The van der Waals surface area contributed by atoms with E-state index < -0.39 is 15.9 Å². The minimum absolute atomic E-state index is 0.0882. The van der Waals surface area contributed by atoms with Crippen LogP contribution in [0.4, 0.5) is 5.82 Å². The zero-order chi connectivity index (χ0) is 18.4. The monoisotopic (exact) mass is 367 g/mol. The van der Waals surface area contributed by atoms with Crippen LogP contribution in [0.15, 0.2) is 34.9 Å². The van der Waals surface area contributed by atoms with Crippen LogP contribution >= 0.6 is 0 Å². The van der Waals surface area contributed by atoms with Gasteiger partial charge in [-0.1, -0.05) is 17.3 Å². The van der Waals surface area contributed by atoms with E-state index in [1.54, 1.807) is 14.0 Å². The standard InChI is InChI=1S/C16H21N3O5S/c1-12-10-15(18-24-12)19(25(3,21)22)11-16(20)17-9-8-13-4-6-14(23-2)7-5-13/h4-7,10H,8-9,11H2,1-3H3,(H,17,20). The third-order valence-electron chi connectivity index (χ3n) is 3.45. The Morgan fingerprint density at radius 3 is 2.52 bits per heavy atom. The molecule has 0 radical (unpaired) electrons. The second kappa shape index (κ2) is 8.02. The first-order chi connectivity index (χ1) is 11.8. The zero-order valence-electron chi connectivity index (χ0n) is 14.4. The number of carbonyl (C=O) groups excluding carboxylic acids is 1. The van der Waals surface area contributed by atoms with Crippen molar-refractivity contribution in [2.75, 3.05) is 30.8 Å². The molecule has 8 nitrogen and oxygen atoms in total. The lowest BCUT2D eigenvalue weighted by Gasteiger charge is -2.18. The lowest BCUT2D eigenvalue weighted by molar-refractivity contribution is -0.119. The molecule has 0 aliphatic heterocycles. The van der Waals surface area contributed by atoms with Gasteiger partial charge in [0.2, 0.25) is 15.9 Å². The summed E-state index contributed by atoms with van der Waals surface area (Å²) in [7, 11) is -2.05. The molecule has 0 atom stereocenters. The molecule has 136 valence electrons. The maximum absolute atomic E-state index is 12.1. The lowest BCUT2D eigenvalue weighted by Crippen LogP contribution is -2.41. The highest BCUT2D eigenvalue weighted by Gasteiger charge is 2.23. The number of nitrogens with one attached hydrogen (secondary N) is 1. The molecule has 1 aromatic heterocycles. The van der Waals surface area contributed by atoms with Crippen LogP contribution in [0.3, 0.4) is 0 Å². The average molecular weight is 367 g/mol. The Morgan fingerprint density at radius 2 is 2.00 bits per heavy atom. The van der Waals surface area contributed by atoms with Crippen LogP contribution in [0.25, 0.3) is 0 Å². The van der Waals surface area contributed by atoms with Crippen molar-refractivity contribution in [2.24, 2.45) is 0 Å². The third kappa shape index (κ3) is 5.49. The Bertz CT molecular complexity index is 815. The van der Waals surface area contributed by atoms with Gasteiger partial charge < -0.3 is 14.6 Å². The summed E-state index contributed by atoms with van der Waals surface area (Å²) in [4.78, 5) is 12.1. The molecule has 2 aromatic rings. The minimum Gasteiger partial charge on any atom is -0.497 e. The molecule has 0 aliphatic rings. The third-order valence-corrected chi connectivity index (χ3v) is 4.57. The highest BCUT2D eigenvalue weighted by Crippen LogP contribution is 2.16.